The summed E-state index contributed by atoms with van der Waals surface area (Å²) in [6, 6.07) is 3.81. The lowest BCUT2D eigenvalue weighted by Crippen LogP contribution is -2.37. The molecule has 0 amide bonds. The Morgan fingerprint density at radius 2 is 2.33 bits per heavy atom. The Morgan fingerprint density at radius 1 is 1.42 bits per heavy atom. The Hall–Kier alpha value is -2.90. The fourth-order valence-corrected chi connectivity index (χ4v) is 3.29. The highest BCUT2D eigenvalue weighted by Crippen LogP contribution is 2.29. The van der Waals surface area contributed by atoms with Gasteiger partial charge in [0.25, 0.3) is 0 Å². The molecule has 0 bridgehead atoms. The standard InChI is InChI=1S/C16H17N5O3/c22-16(23)13-10-21(19-18-13)9-11-2-1-6-20(8-11)15-12-4-7-24-14(12)3-5-17-15/h3-5,7,10-11H,1-2,6,8-9H2,(H,22,23)/t11-/m0/s1. The van der Waals surface area contributed by atoms with Crippen molar-refractivity contribution in [2.45, 2.75) is 19.4 Å². The van der Waals surface area contributed by atoms with Gasteiger partial charge in [0, 0.05) is 25.8 Å². The maximum Gasteiger partial charge on any atom is 0.358 e. The predicted molar refractivity (Wildman–Crippen MR) is 85.9 cm³/mol. The van der Waals surface area contributed by atoms with E-state index in [-0.39, 0.29) is 5.69 Å². The normalized spacial score (nSPS) is 18.2. The molecule has 1 N–H and O–H groups in total. The van der Waals surface area contributed by atoms with Gasteiger partial charge in [0.05, 0.1) is 17.8 Å². The maximum absolute atomic E-state index is 10.9. The summed E-state index contributed by atoms with van der Waals surface area (Å²) in [4.78, 5) is 17.7. The Labute approximate surface area is 137 Å². The molecule has 8 nitrogen and oxygen atoms in total. The molecule has 4 rings (SSSR count). The van der Waals surface area contributed by atoms with Gasteiger partial charge in [0.2, 0.25) is 0 Å². The first-order chi connectivity index (χ1) is 11.7. The monoisotopic (exact) mass is 327 g/mol. The van der Waals surface area contributed by atoms with Crippen LogP contribution in [0.2, 0.25) is 0 Å². The minimum absolute atomic E-state index is 0.0208. The molecule has 1 aliphatic rings. The summed E-state index contributed by atoms with van der Waals surface area (Å²) < 4.78 is 7.07. The fourth-order valence-electron chi connectivity index (χ4n) is 3.29. The molecule has 0 aliphatic carbocycles. The van der Waals surface area contributed by atoms with Crippen molar-refractivity contribution in [2.75, 3.05) is 18.0 Å². The van der Waals surface area contributed by atoms with Crippen LogP contribution in [-0.4, -0.2) is 44.1 Å². The highest BCUT2D eigenvalue weighted by atomic mass is 16.4. The molecular formula is C16H17N5O3. The Kier molecular flexibility index (Phi) is 3.64. The second-order valence-corrected chi connectivity index (χ2v) is 6.05. The molecule has 3 aromatic heterocycles. The SMILES string of the molecule is O=C(O)c1cn(C[C@H]2CCCN(c3nccc4occc34)C2)nn1. The van der Waals surface area contributed by atoms with Gasteiger partial charge in [0.15, 0.2) is 5.69 Å². The summed E-state index contributed by atoms with van der Waals surface area (Å²) in [6.07, 6.45) is 7.05. The van der Waals surface area contributed by atoms with Crippen LogP contribution in [0.3, 0.4) is 0 Å². The number of anilines is 1. The van der Waals surface area contributed by atoms with Crippen molar-refractivity contribution in [3.8, 4) is 0 Å². The molecule has 3 aromatic rings. The maximum atomic E-state index is 10.9. The van der Waals surface area contributed by atoms with Crippen LogP contribution in [-0.2, 0) is 6.54 Å². The molecule has 8 heteroatoms. The second kappa shape index (κ2) is 5.95. The highest BCUT2D eigenvalue weighted by molar-refractivity contribution is 5.88. The van der Waals surface area contributed by atoms with Gasteiger partial charge in [-0.15, -0.1) is 5.10 Å². The third-order valence-corrected chi connectivity index (χ3v) is 4.38. The van der Waals surface area contributed by atoms with Gasteiger partial charge in [0.1, 0.15) is 11.4 Å². The van der Waals surface area contributed by atoms with Gasteiger partial charge in [-0.2, -0.15) is 0 Å². The van der Waals surface area contributed by atoms with Crippen molar-refractivity contribution in [3.63, 3.8) is 0 Å². The van der Waals surface area contributed by atoms with E-state index in [9.17, 15) is 4.79 Å². The number of hydrogen-bond donors (Lipinski definition) is 1. The minimum Gasteiger partial charge on any atom is -0.476 e. The molecule has 0 saturated carbocycles. The average molecular weight is 327 g/mol. The first-order valence-electron chi connectivity index (χ1n) is 7.91. The topological polar surface area (TPSA) is 97.3 Å². The van der Waals surface area contributed by atoms with E-state index in [1.54, 1.807) is 17.1 Å². The number of pyridine rings is 1. The van der Waals surface area contributed by atoms with Crippen LogP contribution in [0.1, 0.15) is 23.3 Å². The zero-order valence-corrected chi connectivity index (χ0v) is 13.0. The molecule has 24 heavy (non-hydrogen) atoms. The molecule has 1 fully saturated rings. The molecule has 0 unspecified atom stereocenters. The smallest absolute Gasteiger partial charge is 0.358 e. The highest BCUT2D eigenvalue weighted by Gasteiger charge is 2.23. The minimum atomic E-state index is -1.05. The molecule has 4 heterocycles. The van der Waals surface area contributed by atoms with Crippen molar-refractivity contribution in [3.05, 3.63) is 36.5 Å². The van der Waals surface area contributed by atoms with Gasteiger partial charge in [-0.25, -0.2) is 9.78 Å². The molecule has 0 radical (unpaired) electrons. The molecule has 0 aromatic carbocycles. The number of carbonyl (C=O) groups is 1. The van der Waals surface area contributed by atoms with Gasteiger partial charge in [-0.05, 0) is 30.9 Å². The molecule has 0 spiro atoms. The van der Waals surface area contributed by atoms with Crippen LogP contribution in [0.4, 0.5) is 5.82 Å². The number of carboxylic acids is 1. The molecule has 124 valence electrons. The van der Waals surface area contributed by atoms with Crippen molar-refractivity contribution >= 4 is 22.8 Å². The van der Waals surface area contributed by atoms with Gasteiger partial charge in [-0.3, -0.25) is 4.68 Å². The first kappa shape index (κ1) is 14.7. The number of piperidine rings is 1. The van der Waals surface area contributed by atoms with Crippen LogP contribution in [0.25, 0.3) is 11.0 Å². The molecule has 1 saturated heterocycles. The second-order valence-electron chi connectivity index (χ2n) is 6.05. The van der Waals surface area contributed by atoms with Gasteiger partial charge in [-0.1, -0.05) is 5.21 Å². The van der Waals surface area contributed by atoms with E-state index in [0.717, 1.165) is 42.7 Å². The summed E-state index contributed by atoms with van der Waals surface area (Å²) in [5.74, 6) is 0.254. The van der Waals surface area contributed by atoms with E-state index in [1.165, 1.54) is 6.20 Å². The summed E-state index contributed by atoms with van der Waals surface area (Å²) in [7, 11) is 0. The van der Waals surface area contributed by atoms with Crippen LogP contribution >= 0.6 is 0 Å². The van der Waals surface area contributed by atoms with Crippen LogP contribution in [0.15, 0.2) is 35.2 Å². The summed E-state index contributed by atoms with van der Waals surface area (Å²) in [5.41, 5.74) is 0.817. The van der Waals surface area contributed by atoms with Crippen LogP contribution < -0.4 is 4.90 Å². The lowest BCUT2D eigenvalue weighted by molar-refractivity contribution is 0.0690. The number of hydrogen-bond acceptors (Lipinski definition) is 6. The third kappa shape index (κ3) is 2.70. The zero-order valence-electron chi connectivity index (χ0n) is 13.0. The average Bonchev–Trinajstić information content (AvgIpc) is 3.23. The van der Waals surface area contributed by atoms with Gasteiger partial charge >= 0.3 is 5.97 Å². The Balaban J connectivity index is 1.51. The van der Waals surface area contributed by atoms with Gasteiger partial charge < -0.3 is 14.4 Å². The fraction of sp³-hybridized carbons (Fsp3) is 0.375. The zero-order chi connectivity index (χ0) is 16.5. The van der Waals surface area contributed by atoms with E-state index in [1.807, 2.05) is 12.1 Å². The number of aromatic nitrogens is 4. The largest absolute Gasteiger partial charge is 0.476 e. The summed E-state index contributed by atoms with van der Waals surface area (Å²) >= 11 is 0. The lowest BCUT2D eigenvalue weighted by Gasteiger charge is -2.33. The van der Waals surface area contributed by atoms with E-state index in [4.69, 9.17) is 9.52 Å². The lowest BCUT2D eigenvalue weighted by atomic mass is 9.98. The van der Waals surface area contributed by atoms with Crippen molar-refractivity contribution in [2.24, 2.45) is 5.92 Å². The Bertz CT molecular complexity index is 871. The van der Waals surface area contributed by atoms with E-state index in [2.05, 4.69) is 20.2 Å². The van der Waals surface area contributed by atoms with Crippen molar-refractivity contribution in [1.82, 2.24) is 20.0 Å². The quantitative estimate of drug-likeness (QED) is 0.783. The number of nitrogens with zero attached hydrogens (tertiary/aromatic N) is 5. The first-order valence-corrected chi connectivity index (χ1v) is 7.91. The summed E-state index contributed by atoms with van der Waals surface area (Å²) in [5, 5.41) is 17.5. The Morgan fingerprint density at radius 3 is 3.17 bits per heavy atom. The van der Waals surface area contributed by atoms with E-state index >= 15 is 0 Å². The van der Waals surface area contributed by atoms with E-state index < -0.39 is 5.97 Å². The number of fused-ring (bicyclic) bond motifs is 1. The van der Waals surface area contributed by atoms with Crippen LogP contribution in [0, 0.1) is 5.92 Å². The number of rotatable bonds is 4. The van der Waals surface area contributed by atoms with Crippen molar-refractivity contribution in [1.29, 1.82) is 0 Å². The number of aromatic carboxylic acids is 1. The summed E-state index contributed by atoms with van der Waals surface area (Å²) in [6.45, 7) is 2.45. The van der Waals surface area contributed by atoms with Crippen LogP contribution in [0.5, 0.6) is 0 Å². The van der Waals surface area contributed by atoms with E-state index in [0.29, 0.717) is 12.5 Å². The third-order valence-electron chi connectivity index (χ3n) is 4.38. The number of furan rings is 1. The number of carboxylic acid groups (broad SMARTS) is 1. The predicted octanol–water partition coefficient (Wildman–Crippen LogP) is 2.03. The molecule has 1 aliphatic heterocycles. The molecular weight excluding hydrogens is 310 g/mol. The molecule has 1 atom stereocenters. The van der Waals surface area contributed by atoms with Crippen molar-refractivity contribution < 1.29 is 14.3 Å².